The molecule has 0 rings (SSSR count). The molecule has 0 saturated heterocycles. The minimum Gasteiger partial charge on any atom is -0.265 e. The molecule has 1 unspecified atom stereocenters. The first-order chi connectivity index (χ1) is 10.9. The van der Waals surface area contributed by atoms with E-state index in [0.717, 1.165) is 5.66 Å². The molecule has 0 aliphatic carbocycles. The highest BCUT2D eigenvalue weighted by Crippen LogP contribution is 2.44. The maximum atomic E-state index is 11.0. The number of unbranched alkanes of at least 4 members (excludes halogenated alkanes) is 2. The molecular weight excluding hydrogens is 371 g/mol. The molecule has 9 heteroatoms. The van der Waals surface area contributed by atoms with Crippen LogP contribution >= 0.6 is 7.92 Å². The van der Waals surface area contributed by atoms with Gasteiger partial charge in [-0.05, 0) is 37.2 Å². The Bertz CT molecular complexity index is 309. The fourth-order valence-electron chi connectivity index (χ4n) is 2.01. The fraction of sp³-hybridized carbons (Fsp3) is 1.00. The van der Waals surface area contributed by atoms with Crippen LogP contribution in [-0.2, 0) is 10.7 Å². The van der Waals surface area contributed by atoms with Crippen molar-refractivity contribution >= 4 is 18.6 Å². The number of hydrogen-bond acceptors (Lipinski definition) is 1. The zero-order chi connectivity index (χ0) is 19.4. The first-order valence-electron chi connectivity index (χ1n) is 8.24. The Hall–Kier alpha value is 0.160. The minimum atomic E-state index is -5.49. The van der Waals surface area contributed by atoms with Crippen LogP contribution < -0.4 is 0 Å². The van der Waals surface area contributed by atoms with Gasteiger partial charge in [-0.1, -0.05) is 47.0 Å². The number of alkyl halides is 6. The van der Waals surface area contributed by atoms with E-state index in [1.807, 2.05) is 0 Å². The van der Waals surface area contributed by atoms with Crippen LogP contribution in [0.15, 0.2) is 0 Å². The summed E-state index contributed by atoms with van der Waals surface area (Å²) in [6.45, 7) is 9.44. The molecule has 0 amide bonds. The summed E-state index contributed by atoms with van der Waals surface area (Å²) in [6, 6.07) is 0. The SMILES string of the molecule is CCCCP(CCCC)C(C)CCC.N=S(C(F)(F)F)C(F)(F)F. The normalized spacial score (nSPS) is 13.8. The molecule has 24 heavy (non-hydrogen) atoms. The Kier molecular flexibility index (Phi) is 14.7. The zero-order valence-electron chi connectivity index (χ0n) is 14.9. The number of hydrogen-bond donors (Lipinski definition) is 1. The maximum Gasteiger partial charge on any atom is 0.460 e. The average Bonchev–Trinajstić information content (AvgIpc) is 2.45. The highest BCUT2D eigenvalue weighted by Gasteiger charge is 2.50. The van der Waals surface area contributed by atoms with Gasteiger partial charge in [0.2, 0.25) is 0 Å². The Labute approximate surface area is 145 Å². The van der Waals surface area contributed by atoms with E-state index in [-0.39, 0.29) is 0 Å². The highest BCUT2D eigenvalue weighted by atomic mass is 32.2. The van der Waals surface area contributed by atoms with Crippen LogP contribution in [0.1, 0.15) is 66.2 Å². The van der Waals surface area contributed by atoms with Crippen LogP contribution in [0.3, 0.4) is 0 Å². The lowest BCUT2D eigenvalue weighted by Crippen LogP contribution is -2.28. The van der Waals surface area contributed by atoms with Crippen molar-refractivity contribution < 1.29 is 26.3 Å². The summed E-state index contributed by atoms with van der Waals surface area (Å²) in [5.41, 5.74) is -9.95. The maximum absolute atomic E-state index is 11.0. The van der Waals surface area contributed by atoms with Gasteiger partial charge < -0.3 is 0 Å². The molecule has 0 aliphatic heterocycles. The largest absolute Gasteiger partial charge is 0.460 e. The molecular formula is C15H30F6NPS. The minimum absolute atomic E-state index is 0.360. The third-order valence-corrected chi connectivity index (χ3v) is 7.60. The van der Waals surface area contributed by atoms with Crippen LogP contribution in [0.4, 0.5) is 26.3 Å². The summed E-state index contributed by atoms with van der Waals surface area (Å²) in [4.78, 5) is 0. The van der Waals surface area contributed by atoms with Crippen LogP contribution in [0.5, 0.6) is 0 Å². The van der Waals surface area contributed by atoms with Crippen molar-refractivity contribution in [2.75, 3.05) is 12.3 Å². The van der Waals surface area contributed by atoms with Crippen molar-refractivity contribution in [2.45, 2.75) is 82.9 Å². The van der Waals surface area contributed by atoms with Crippen LogP contribution in [-0.4, -0.2) is 29.0 Å². The Morgan fingerprint density at radius 2 is 1.21 bits per heavy atom. The van der Waals surface area contributed by atoms with Gasteiger partial charge in [-0.15, -0.1) is 7.92 Å². The molecule has 0 heterocycles. The van der Waals surface area contributed by atoms with Crippen molar-refractivity contribution in [1.29, 1.82) is 4.78 Å². The number of rotatable bonds is 9. The summed E-state index contributed by atoms with van der Waals surface area (Å²) < 4.78 is 72.0. The van der Waals surface area contributed by atoms with Gasteiger partial charge in [0.1, 0.15) is 10.7 Å². The first kappa shape index (κ1) is 26.4. The first-order valence-corrected chi connectivity index (χ1v) is 11.2. The average molecular weight is 401 g/mol. The van der Waals surface area contributed by atoms with Gasteiger partial charge in [0, 0.05) is 0 Å². The van der Waals surface area contributed by atoms with E-state index >= 15 is 0 Å². The topological polar surface area (TPSA) is 23.9 Å². The van der Waals surface area contributed by atoms with Gasteiger partial charge in [-0.2, -0.15) is 26.3 Å². The van der Waals surface area contributed by atoms with E-state index in [4.69, 9.17) is 4.78 Å². The quantitative estimate of drug-likeness (QED) is 0.303. The Balaban J connectivity index is 0. The molecule has 0 aliphatic rings. The van der Waals surface area contributed by atoms with E-state index in [1.165, 1.54) is 50.8 Å². The summed E-state index contributed by atoms with van der Waals surface area (Å²) in [5, 5.41) is 0. The predicted molar refractivity (Wildman–Crippen MR) is 93.0 cm³/mol. The summed E-state index contributed by atoms with van der Waals surface area (Å²) in [6.07, 6.45) is 11.6. The van der Waals surface area contributed by atoms with Crippen LogP contribution in [0.25, 0.3) is 0 Å². The van der Waals surface area contributed by atoms with E-state index in [9.17, 15) is 26.3 Å². The molecule has 0 saturated carbocycles. The molecule has 0 spiro atoms. The molecule has 1 atom stereocenters. The third kappa shape index (κ3) is 13.5. The second kappa shape index (κ2) is 13.4. The molecule has 0 fully saturated rings. The van der Waals surface area contributed by atoms with Crippen molar-refractivity contribution in [3.05, 3.63) is 0 Å². The Morgan fingerprint density at radius 3 is 1.42 bits per heavy atom. The standard InChI is InChI=1S/C13H29P.C2HF6NS/c1-5-8-11-14(12-9-6-2)13(4)10-7-3;3-1(4,5)10(9)2(6,7)8/h13H,5-12H2,1-4H3;9H. The van der Waals surface area contributed by atoms with Gasteiger partial charge in [0.15, 0.2) is 0 Å². The summed E-state index contributed by atoms with van der Waals surface area (Å²) >= 11 is 0. The molecule has 148 valence electrons. The van der Waals surface area contributed by atoms with E-state index in [0.29, 0.717) is 7.92 Å². The third-order valence-electron chi connectivity index (χ3n) is 3.39. The van der Waals surface area contributed by atoms with Crippen molar-refractivity contribution in [2.24, 2.45) is 0 Å². The lowest BCUT2D eigenvalue weighted by atomic mass is 10.3. The van der Waals surface area contributed by atoms with Gasteiger partial charge in [0.05, 0.1) is 0 Å². The molecule has 0 aromatic heterocycles. The van der Waals surface area contributed by atoms with Crippen molar-refractivity contribution in [3.8, 4) is 0 Å². The van der Waals surface area contributed by atoms with Crippen LogP contribution in [0.2, 0.25) is 0 Å². The van der Waals surface area contributed by atoms with Crippen LogP contribution in [0, 0.1) is 4.78 Å². The molecule has 0 bridgehead atoms. The van der Waals surface area contributed by atoms with Gasteiger partial charge in [-0.25, -0.2) is 0 Å². The second-order valence-electron chi connectivity index (χ2n) is 5.58. The number of nitrogens with one attached hydrogen (secondary N) is 1. The van der Waals surface area contributed by atoms with E-state index in [2.05, 4.69) is 27.7 Å². The van der Waals surface area contributed by atoms with Crippen molar-refractivity contribution in [3.63, 3.8) is 0 Å². The monoisotopic (exact) mass is 401 g/mol. The summed E-state index contributed by atoms with van der Waals surface area (Å²) in [5.74, 6) is 0. The lowest BCUT2D eigenvalue weighted by Gasteiger charge is -2.24. The second-order valence-corrected chi connectivity index (χ2v) is 10.1. The van der Waals surface area contributed by atoms with Gasteiger partial charge in [0.25, 0.3) is 0 Å². The van der Waals surface area contributed by atoms with Gasteiger partial charge >= 0.3 is 11.0 Å². The molecule has 1 nitrogen and oxygen atoms in total. The highest BCUT2D eigenvalue weighted by molar-refractivity contribution is 7.87. The van der Waals surface area contributed by atoms with E-state index in [1.54, 1.807) is 0 Å². The smallest absolute Gasteiger partial charge is 0.265 e. The predicted octanol–water partition coefficient (Wildman–Crippen LogP) is 7.66. The lowest BCUT2D eigenvalue weighted by molar-refractivity contribution is -0.0754. The Morgan fingerprint density at radius 1 is 0.833 bits per heavy atom. The zero-order valence-corrected chi connectivity index (χ0v) is 16.6. The van der Waals surface area contributed by atoms with E-state index < -0.39 is 21.7 Å². The fourth-order valence-corrected chi connectivity index (χ4v) is 5.44. The molecule has 0 aromatic rings. The number of halogens is 6. The van der Waals surface area contributed by atoms with Crippen molar-refractivity contribution in [1.82, 2.24) is 0 Å². The summed E-state index contributed by atoms with van der Waals surface area (Å²) in [7, 11) is -3.89. The molecule has 0 radical (unpaired) electrons. The molecule has 1 N–H and O–H groups in total. The molecule has 0 aromatic carbocycles. The van der Waals surface area contributed by atoms with Gasteiger partial charge in [-0.3, -0.25) is 4.78 Å².